The normalized spacial score (nSPS) is 13.6. The van der Waals surface area contributed by atoms with Crippen molar-refractivity contribution >= 4 is 24.6 Å². The fourth-order valence-corrected chi connectivity index (χ4v) is 1.87. The van der Waals surface area contributed by atoms with Crippen LogP contribution in [0.15, 0.2) is 12.7 Å². The van der Waals surface area contributed by atoms with Crippen LogP contribution in [0.4, 0.5) is 5.82 Å². The quantitative estimate of drug-likeness (QED) is 0.558. The van der Waals surface area contributed by atoms with E-state index < -0.39 is 13.9 Å². The summed E-state index contributed by atoms with van der Waals surface area (Å²) >= 11 is 0. The van der Waals surface area contributed by atoms with Crippen molar-refractivity contribution in [1.82, 2.24) is 19.9 Å². The molecule has 19 heavy (non-hydrogen) atoms. The zero-order chi connectivity index (χ0) is 13.9. The number of imidazole rings is 1. The molecule has 0 aliphatic rings. The van der Waals surface area contributed by atoms with Crippen LogP contribution in [0.1, 0.15) is 6.92 Å². The SMILES string of the molecule is C[C@H](CNc1ncnc2nc[nH]c12)OCP(=O)(O)O. The molecule has 0 unspecified atom stereocenters. The number of H-pyrrole nitrogens is 1. The Bertz CT molecular complexity index is 597. The molecule has 2 heterocycles. The smallest absolute Gasteiger partial charge is 0.350 e. The predicted molar refractivity (Wildman–Crippen MR) is 67.6 cm³/mol. The molecule has 9 nitrogen and oxygen atoms in total. The van der Waals surface area contributed by atoms with Crippen LogP contribution in [0.3, 0.4) is 0 Å². The number of aromatic nitrogens is 4. The van der Waals surface area contributed by atoms with Crippen LogP contribution in [-0.4, -0.2) is 48.7 Å². The maximum Gasteiger partial charge on any atom is 0.350 e. The van der Waals surface area contributed by atoms with Crippen LogP contribution < -0.4 is 5.32 Å². The molecule has 0 radical (unpaired) electrons. The fourth-order valence-electron chi connectivity index (χ4n) is 1.42. The topological polar surface area (TPSA) is 133 Å². The van der Waals surface area contributed by atoms with Gasteiger partial charge in [-0.05, 0) is 6.92 Å². The van der Waals surface area contributed by atoms with Gasteiger partial charge in [0.15, 0.2) is 11.5 Å². The third-order valence-electron chi connectivity index (χ3n) is 2.31. The molecule has 4 N–H and O–H groups in total. The van der Waals surface area contributed by atoms with Crippen molar-refractivity contribution in [2.45, 2.75) is 13.0 Å². The first-order chi connectivity index (χ1) is 8.96. The second-order valence-electron chi connectivity index (χ2n) is 3.98. The minimum Gasteiger partial charge on any atom is -0.366 e. The molecule has 1 atom stereocenters. The van der Waals surface area contributed by atoms with Gasteiger partial charge in [-0.25, -0.2) is 15.0 Å². The fraction of sp³-hybridized carbons (Fsp3) is 0.444. The molecule has 0 bridgehead atoms. The van der Waals surface area contributed by atoms with Crippen molar-refractivity contribution in [3.05, 3.63) is 12.7 Å². The molecule has 0 spiro atoms. The summed E-state index contributed by atoms with van der Waals surface area (Å²) in [4.78, 5) is 32.3. The monoisotopic (exact) mass is 287 g/mol. The molecule has 0 aliphatic heterocycles. The van der Waals surface area contributed by atoms with Crippen LogP contribution >= 0.6 is 7.60 Å². The zero-order valence-electron chi connectivity index (χ0n) is 10.1. The maximum absolute atomic E-state index is 10.7. The zero-order valence-corrected chi connectivity index (χ0v) is 11.0. The third kappa shape index (κ3) is 3.97. The average Bonchev–Trinajstić information content (AvgIpc) is 2.81. The molecule has 0 saturated heterocycles. The summed E-state index contributed by atoms with van der Waals surface area (Å²) in [7, 11) is -4.14. The number of nitrogens with one attached hydrogen (secondary N) is 2. The largest absolute Gasteiger partial charge is 0.366 e. The number of hydrogen-bond acceptors (Lipinski definition) is 6. The molecule has 0 amide bonds. The summed E-state index contributed by atoms with van der Waals surface area (Å²) in [6, 6.07) is 0. The number of nitrogens with zero attached hydrogens (tertiary/aromatic N) is 3. The summed E-state index contributed by atoms with van der Waals surface area (Å²) in [6.45, 7) is 2.05. The highest BCUT2D eigenvalue weighted by Crippen LogP contribution is 2.34. The summed E-state index contributed by atoms with van der Waals surface area (Å²) in [6.07, 6.45) is 1.92. The number of anilines is 1. The van der Waals surface area contributed by atoms with E-state index in [2.05, 4.69) is 25.3 Å². The van der Waals surface area contributed by atoms with Crippen molar-refractivity contribution in [2.24, 2.45) is 0 Å². The van der Waals surface area contributed by atoms with E-state index in [1.54, 1.807) is 6.92 Å². The highest BCUT2D eigenvalue weighted by Gasteiger charge is 2.15. The van der Waals surface area contributed by atoms with E-state index in [1.807, 2.05) is 0 Å². The van der Waals surface area contributed by atoms with E-state index in [1.165, 1.54) is 12.7 Å². The van der Waals surface area contributed by atoms with E-state index in [0.29, 0.717) is 23.5 Å². The molecule has 0 aliphatic carbocycles. The Hall–Kier alpha value is -1.54. The highest BCUT2D eigenvalue weighted by molar-refractivity contribution is 7.51. The molecular weight excluding hydrogens is 273 g/mol. The lowest BCUT2D eigenvalue weighted by Gasteiger charge is -2.14. The summed E-state index contributed by atoms with van der Waals surface area (Å²) in [5, 5.41) is 3.01. The van der Waals surface area contributed by atoms with Crippen LogP contribution in [0.25, 0.3) is 11.2 Å². The molecule has 0 fully saturated rings. The highest BCUT2D eigenvalue weighted by atomic mass is 31.2. The van der Waals surface area contributed by atoms with Gasteiger partial charge in [0.2, 0.25) is 0 Å². The molecule has 0 aromatic carbocycles. The van der Waals surface area contributed by atoms with Crippen LogP contribution in [0, 0.1) is 0 Å². The van der Waals surface area contributed by atoms with Gasteiger partial charge in [0, 0.05) is 6.54 Å². The summed E-state index contributed by atoms with van der Waals surface area (Å²) < 4.78 is 15.7. The average molecular weight is 287 g/mol. The van der Waals surface area contributed by atoms with Gasteiger partial charge in [-0.15, -0.1) is 0 Å². The Morgan fingerprint density at radius 3 is 3.00 bits per heavy atom. The van der Waals surface area contributed by atoms with Gasteiger partial charge in [0.05, 0.1) is 12.4 Å². The minimum atomic E-state index is -4.14. The van der Waals surface area contributed by atoms with Gasteiger partial charge in [-0.1, -0.05) is 0 Å². The van der Waals surface area contributed by atoms with Crippen molar-refractivity contribution < 1.29 is 19.1 Å². The van der Waals surface area contributed by atoms with Gasteiger partial charge in [-0.2, -0.15) is 0 Å². The Morgan fingerprint density at radius 2 is 2.26 bits per heavy atom. The summed E-state index contributed by atoms with van der Waals surface area (Å²) in [5.41, 5.74) is 1.21. The molecule has 104 valence electrons. The van der Waals surface area contributed by atoms with E-state index in [9.17, 15) is 4.57 Å². The standard InChI is InChI=1S/C9H14N5O4P/c1-6(18-5-19(15,16)17)2-10-8-7-9(12-3-11-7)14-4-13-8/h3-4,6H,2,5H2,1H3,(H2,15,16,17)(H2,10,11,12,13,14)/t6-/m1/s1. The molecule has 10 heteroatoms. The molecular formula is C9H14N5O4P. The van der Waals surface area contributed by atoms with Gasteiger partial charge in [0.25, 0.3) is 0 Å². The van der Waals surface area contributed by atoms with Gasteiger partial charge >= 0.3 is 7.60 Å². The maximum atomic E-state index is 10.7. The number of fused-ring (bicyclic) bond motifs is 1. The van der Waals surface area contributed by atoms with Crippen LogP contribution in [0.2, 0.25) is 0 Å². The lowest BCUT2D eigenvalue weighted by atomic mass is 10.4. The Balaban J connectivity index is 1.92. The van der Waals surface area contributed by atoms with E-state index in [0.717, 1.165) is 0 Å². The number of ether oxygens (including phenoxy) is 1. The Labute approximate surface area is 108 Å². The molecule has 0 saturated carbocycles. The Kier molecular flexibility index (Phi) is 4.11. The number of rotatable bonds is 6. The number of aromatic amines is 1. The molecule has 2 rings (SSSR count). The van der Waals surface area contributed by atoms with Crippen LogP contribution in [0.5, 0.6) is 0 Å². The summed E-state index contributed by atoms with van der Waals surface area (Å²) in [5.74, 6) is 0.564. The second-order valence-corrected chi connectivity index (χ2v) is 5.56. The van der Waals surface area contributed by atoms with Crippen molar-refractivity contribution in [3.8, 4) is 0 Å². The predicted octanol–water partition coefficient (Wildman–Crippen LogP) is 0.305. The first kappa shape index (κ1) is 13.9. The molecule has 2 aromatic heterocycles. The van der Waals surface area contributed by atoms with Gasteiger partial charge in [0.1, 0.15) is 18.2 Å². The van der Waals surface area contributed by atoms with Crippen LogP contribution in [-0.2, 0) is 9.30 Å². The van der Waals surface area contributed by atoms with E-state index >= 15 is 0 Å². The van der Waals surface area contributed by atoms with Crippen molar-refractivity contribution in [3.63, 3.8) is 0 Å². The number of hydrogen-bond donors (Lipinski definition) is 4. The minimum absolute atomic E-state index is 0.352. The first-order valence-electron chi connectivity index (χ1n) is 5.50. The lowest BCUT2D eigenvalue weighted by Crippen LogP contribution is -2.21. The van der Waals surface area contributed by atoms with E-state index in [-0.39, 0.29) is 6.10 Å². The molecule has 2 aromatic rings. The third-order valence-corrected chi connectivity index (χ3v) is 2.79. The van der Waals surface area contributed by atoms with Crippen molar-refractivity contribution in [2.75, 3.05) is 18.2 Å². The Morgan fingerprint density at radius 1 is 1.47 bits per heavy atom. The van der Waals surface area contributed by atoms with Crippen molar-refractivity contribution in [1.29, 1.82) is 0 Å². The first-order valence-corrected chi connectivity index (χ1v) is 7.29. The second kappa shape index (κ2) is 5.62. The van der Waals surface area contributed by atoms with Gasteiger partial charge < -0.3 is 24.8 Å². The lowest BCUT2D eigenvalue weighted by molar-refractivity contribution is 0.0973. The van der Waals surface area contributed by atoms with Gasteiger partial charge in [-0.3, -0.25) is 4.57 Å². The van der Waals surface area contributed by atoms with E-state index in [4.69, 9.17) is 14.5 Å².